The average molecular weight is 362 g/mol. The van der Waals surface area contributed by atoms with E-state index in [-0.39, 0.29) is 17.4 Å². The van der Waals surface area contributed by atoms with Crippen LogP contribution in [0.4, 0.5) is 5.69 Å². The summed E-state index contributed by atoms with van der Waals surface area (Å²) in [5, 5.41) is 0. The van der Waals surface area contributed by atoms with Crippen molar-refractivity contribution in [2.24, 2.45) is 0 Å². The number of carbonyl (C=O) groups is 1. The Balaban J connectivity index is 2.07. The number of nitrogens with one attached hydrogen (secondary N) is 1. The number of ether oxygens (including phenoxy) is 1. The first-order valence-electron chi connectivity index (χ1n) is 7.72. The summed E-state index contributed by atoms with van der Waals surface area (Å²) in [6.45, 7) is 3.73. The number of carbonyl (C=O) groups excluding carboxylic acids is 1. The molecule has 0 heterocycles. The maximum atomic E-state index is 12.4. The van der Waals surface area contributed by atoms with E-state index >= 15 is 0 Å². The van der Waals surface area contributed by atoms with E-state index in [0.717, 1.165) is 11.1 Å². The van der Waals surface area contributed by atoms with E-state index in [1.165, 1.54) is 4.90 Å². The lowest BCUT2D eigenvalue weighted by atomic mass is 10.1. The van der Waals surface area contributed by atoms with Crippen LogP contribution in [0, 0.1) is 13.8 Å². The van der Waals surface area contributed by atoms with Crippen LogP contribution in [0.3, 0.4) is 0 Å². The van der Waals surface area contributed by atoms with Crippen molar-refractivity contribution in [3.63, 3.8) is 0 Å². The van der Waals surface area contributed by atoms with E-state index in [1.54, 1.807) is 56.6 Å². The van der Waals surface area contributed by atoms with Crippen LogP contribution in [0.15, 0.2) is 47.4 Å². The summed E-state index contributed by atoms with van der Waals surface area (Å²) < 4.78 is 32.8. The van der Waals surface area contributed by atoms with E-state index in [4.69, 9.17) is 4.74 Å². The van der Waals surface area contributed by atoms with Crippen molar-refractivity contribution in [2.75, 3.05) is 25.4 Å². The first-order valence-corrected chi connectivity index (χ1v) is 9.20. The summed E-state index contributed by atoms with van der Waals surface area (Å²) in [7, 11) is -0.356. The van der Waals surface area contributed by atoms with Gasteiger partial charge in [-0.15, -0.1) is 0 Å². The summed E-state index contributed by atoms with van der Waals surface area (Å²) in [6.07, 6.45) is 0. The third-order valence-electron chi connectivity index (χ3n) is 3.76. The fraction of sp³-hybridized carbons (Fsp3) is 0.278. The number of hydrogen-bond acceptors (Lipinski definition) is 4. The van der Waals surface area contributed by atoms with Crippen LogP contribution in [0.25, 0.3) is 0 Å². The largest absolute Gasteiger partial charge is 0.484 e. The molecule has 134 valence electrons. The van der Waals surface area contributed by atoms with Crippen molar-refractivity contribution in [1.82, 2.24) is 4.90 Å². The lowest BCUT2D eigenvalue weighted by Crippen LogP contribution is -2.27. The number of likely N-dealkylation sites (N-methyl/N-ethyl adjacent to an activating group) is 1. The third-order valence-corrected chi connectivity index (χ3v) is 5.14. The Morgan fingerprint density at radius 2 is 1.68 bits per heavy atom. The Morgan fingerprint density at radius 1 is 1.04 bits per heavy atom. The molecule has 0 radical (unpaired) electrons. The standard InChI is InChI=1S/C18H22N2O4S/c1-13-5-10-17(11-14(13)2)25(22,23)19-15-6-8-16(9-7-15)24-12-18(21)20(3)4/h5-11,19H,12H2,1-4H3. The lowest BCUT2D eigenvalue weighted by Gasteiger charge is -2.12. The molecule has 0 bridgehead atoms. The van der Waals surface area contributed by atoms with Crippen LogP contribution in [0.5, 0.6) is 5.75 Å². The van der Waals surface area contributed by atoms with Crippen LogP contribution in [-0.2, 0) is 14.8 Å². The molecule has 0 aliphatic rings. The monoisotopic (exact) mass is 362 g/mol. The van der Waals surface area contributed by atoms with Gasteiger partial charge in [-0.1, -0.05) is 6.07 Å². The highest BCUT2D eigenvalue weighted by atomic mass is 32.2. The van der Waals surface area contributed by atoms with Crippen LogP contribution < -0.4 is 9.46 Å². The number of sulfonamides is 1. The topological polar surface area (TPSA) is 75.7 Å². The predicted octanol–water partition coefficient (Wildman–Crippen LogP) is 2.57. The second kappa shape index (κ2) is 7.57. The Morgan fingerprint density at radius 3 is 2.24 bits per heavy atom. The molecule has 0 spiro atoms. The van der Waals surface area contributed by atoms with Crippen molar-refractivity contribution >= 4 is 21.6 Å². The van der Waals surface area contributed by atoms with E-state index in [0.29, 0.717) is 11.4 Å². The zero-order chi connectivity index (χ0) is 18.6. The highest BCUT2D eigenvalue weighted by molar-refractivity contribution is 7.92. The molecule has 0 unspecified atom stereocenters. The van der Waals surface area contributed by atoms with E-state index in [9.17, 15) is 13.2 Å². The minimum Gasteiger partial charge on any atom is -0.484 e. The minimum absolute atomic E-state index is 0.0687. The van der Waals surface area contributed by atoms with E-state index in [1.807, 2.05) is 13.8 Å². The van der Waals surface area contributed by atoms with Crippen molar-refractivity contribution in [2.45, 2.75) is 18.7 Å². The van der Waals surface area contributed by atoms with Gasteiger partial charge in [0.2, 0.25) is 0 Å². The molecule has 0 aliphatic carbocycles. The summed E-state index contributed by atoms with van der Waals surface area (Å²) in [5.74, 6) is 0.337. The lowest BCUT2D eigenvalue weighted by molar-refractivity contribution is -0.130. The van der Waals surface area contributed by atoms with Crippen molar-refractivity contribution < 1.29 is 17.9 Å². The van der Waals surface area contributed by atoms with Crippen LogP contribution >= 0.6 is 0 Å². The molecular formula is C18H22N2O4S. The number of benzene rings is 2. The average Bonchev–Trinajstić information content (AvgIpc) is 2.55. The number of aryl methyl sites for hydroxylation is 2. The first kappa shape index (κ1) is 18.8. The van der Waals surface area contributed by atoms with Gasteiger partial charge < -0.3 is 9.64 Å². The van der Waals surface area contributed by atoms with Gasteiger partial charge in [0.1, 0.15) is 5.75 Å². The number of hydrogen-bond donors (Lipinski definition) is 1. The van der Waals surface area contributed by atoms with E-state index < -0.39 is 10.0 Å². The summed E-state index contributed by atoms with van der Waals surface area (Å²) in [6, 6.07) is 11.4. The smallest absolute Gasteiger partial charge is 0.261 e. The summed E-state index contributed by atoms with van der Waals surface area (Å²) in [4.78, 5) is 13.1. The van der Waals surface area contributed by atoms with Gasteiger partial charge in [-0.05, 0) is 61.4 Å². The minimum atomic E-state index is -3.65. The number of nitrogens with zero attached hydrogens (tertiary/aromatic N) is 1. The molecule has 0 saturated carbocycles. The van der Waals surface area contributed by atoms with Crippen LogP contribution in [0.2, 0.25) is 0 Å². The SMILES string of the molecule is Cc1ccc(S(=O)(=O)Nc2ccc(OCC(=O)N(C)C)cc2)cc1C. The quantitative estimate of drug-likeness (QED) is 0.857. The number of anilines is 1. The fourth-order valence-electron chi connectivity index (χ4n) is 1.99. The summed E-state index contributed by atoms with van der Waals surface area (Å²) in [5.41, 5.74) is 2.37. The van der Waals surface area contributed by atoms with Crippen molar-refractivity contribution in [1.29, 1.82) is 0 Å². The number of amides is 1. The third kappa shape index (κ3) is 4.96. The molecule has 0 aromatic heterocycles. The highest BCUT2D eigenvalue weighted by Gasteiger charge is 2.15. The van der Waals surface area contributed by atoms with Crippen molar-refractivity contribution in [3.05, 3.63) is 53.6 Å². The Bertz CT molecular complexity index is 859. The molecule has 6 nitrogen and oxygen atoms in total. The molecule has 0 atom stereocenters. The predicted molar refractivity (Wildman–Crippen MR) is 97.4 cm³/mol. The molecule has 2 aromatic rings. The second-order valence-corrected chi connectivity index (χ2v) is 7.64. The maximum absolute atomic E-state index is 12.4. The first-order chi connectivity index (χ1) is 11.7. The van der Waals surface area contributed by atoms with Crippen molar-refractivity contribution in [3.8, 4) is 5.75 Å². The molecule has 1 amide bonds. The van der Waals surface area contributed by atoms with Crippen LogP contribution in [0.1, 0.15) is 11.1 Å². The molecule has 7 heteroatoms. The summed E-state index contributed by atoms with van der Waals surface area (Å²) >= 11 is 0. The molecule has 2 rings (SSSR count). The Hall–Kier alpha value is -2.54. The maximum Gasteiger partial charge on any atom is 0.261 e. The molecule has 0 aliphatic heterocycles. The van der Waals surface area contributed by atoms with Crippen LogP contribution in [-0.4, -0.2) is 39.9 Å². The van der Waals surface area contributed by atoms with Gasteiger partial charge in [0, 0.05) is 19.8 Å². The van der Waals surface area contributed by atoms with Gasteiger partial charge in [-0.25, -0.2) is 8.42 Å². The van der Waals surface area contributed by atoms with Gasteiger partial charge in [0.25, 0.3) is 15.9 Å². The number of rotatable bonds is 6. The van der Waals surface area contributed by atoms with Gasteiger partial charge >= 0.3 is 0 Å². The van der Waals surface area contributed by atoms with E-state index in [2.05, 4.69) is 4.72 Å². The van der Waals surface area contributed by atoms with Gasteiger partial charge in [0.05, 0.1) is 4.90 Å². The molecular weight excluding hydrogens is 340 g/mol. The molecule has 25 heavy (non-hydrogen) atoms. The zero-order valence-electron chi connectivity index (χ0n) is 14.7. The van der Waals surface area contributed by atoms with Gasteiger partial charge in [-0.3, -0.25) is 9.52 Å². The van der Waals surface area contributed by atoms with Gasteiger partial charge in [0.15, 0.2) is 6.61 Å². The Kier molecular flexibility index (Phi) is 5.69. The zero-order valence-corrected chi connectivity index (χ0v) is 15.6. The second-order valence-electron chi connectivity index (χ2n) is 5.95. The molecule has 0 saturated heterocycles. The Labute approximate surface area is 148 Å². The normalized spacial score (nSPS) is 11.0. The highest BCUT2D eigenvalue weighted by Crippen LogP contribution is 2.21. The molecule has 2 aromatic carbocycles. The molecule has 0 fully saturated rings. The fourth-order valence-corrected chi connectivity index (χ4v) is 3.13. The van der Waals surface area contributed by atoms with Gasteiger partial charge in [-0.2, -0.15) is 0 Å². The molecule has 1 N–H and O–H groups in total.